The van der Waals surface area contributed by atoms with Gasteiger partial charge in [0.1, 0.15) is 17.3 Å². The summed E-state index contributed by atoms with van der Waals surface area (Å²) in [6, 6.07) is 18.9. The molecular formula is C30H29NO7. The zero-order valence-corrected chi connectivity index (χ0v) is 21.5. The van der Waals surface area contributed by atoms with Crippen LogP contribution in [0.4, 0.5) is 5.69 Å². The van der Waals surface area contributed by atoms with Crippen LogP contribution in [-0.4, -0.2) is 43.1 Å². The molecule has 8 nitrogen and oxygen atoms in total. The highest BCUT2D eigenvalue weighted by atomic mass is 16.5. The number of nitrogens with zero attached hydrogens (tertiary/aromatic N) is 1. The van der Waals surface area contributed by atoms with E-state index in [2.05, 4.69) is 0 Å². The van der Waals surface area contributed by atoms with E-state index in [0.717, 1.165) is 6.42 Å². The molecule has 0 aliphatic carbocycles. The van der Waals surface area contributed by atoms with E-state index >= 15 is 0 Å². The minimum Gasteiger partial charge on any atom is -0.507 e. The van der Waals surface area contributed by atoms with E-state index in [1.54, 1.807) is 67.6 Å². The number of aliphatic hydroxyl groups is 1. The molecule has 196 valence electrons. The van der Waals surface area contributed by atoms with Gasteiger partial charge in [0.05, 0.1) is 37.5 Å². The Kier molecular flexibility index (Phi) is 8.11. The Labute approximate surface area is 221 Å². The lowest BCUT2D eigenvalue weighted by atomic mass is 9.95. The topological polar surface area (TPSA) is 102 Å². The van der Waals surface area contributed by atoms with Crippen molar-refractivity contribution >= 4 is 29.1 Å². The molecule has 1 aliphatic rings. The van der Waals surface area contributed by atoms with Crippen LogP contribution in [0.2, 0.25) is 0 Å². The smallest absolute Gasteiger partial charge is 0.338 e. The average molecular weight is 516 g/mol. The quantitative estimate of drug-likeness (QED) is 0.179. The number of benzene rings is 3. The van der Waals surface area contributed by atoms with Crippen LogP contribution in [0.15, 0.2) is 78.4 Å². The van der Waals surface area contributed by atoms with Gasteiger partial charge in [0.15, 0.2) is 0 Å². The van der Waals surface area contributed by atoms with Crippen molar-refractivity contribution in [3.8, 4) is 11.5 Å². The van der Waals surface area contributed by atoms with Crippen LogP contribution in [-0.2, 0) is 14.3 Å². The van der Waals surface area contributed by atoms with Crippen LogP contribution in [0, 0.1) is 0 Å². The first-order valence-corrected chi connectivity index (χ1v) is 12.3. The number of esters is 1. The Balaban J connectivity index is 1.82. The fourth-order valence-electron chi connectivity index (χ4n) is 4.28. The molecule has 38 heavy (non-hydrogen) atoms. The van der Waals surface area contributed by atoms with Crippen LogP contribution in [0.1, 0.15) is 47.8 Å². The van der Waals surface area contributed by atoms with Gasteiger partial charge in [0.25, 0.3) is 11.7 Å². The number of aliphatic hydroxyl groups excluding tert-OH is 1. The van der Waals surface area contributed by atoms with Crippen molar-refractivity contribution in [2.75, 3.05) is 25.2 Å². The van der Waals surface area contributed by atoms with E-state index < -0.39 is 23.7 Å². The van der Waals surface area contributed by atoms with Gasteiger partial charge in [-0.2, -0.15) is 0 Å². The van der Waals surface area contributed by atoms with Gasteiger partial charge in [-0.3, -0.25) is 14.5 Å². The van der Waals surface area contributed by atoms with Gasteiger partial charge in [0, 0.05) is 11.3 Å². The average Bonchev–Trinajstić information content (AvgIpc) is 3.22. The summed E-state index contributed by atoms with van der Waals surface area (Å²) >= 11 is 0. The molecule has 1 heterocycles. The van der Waals surface area contributed by atoms with Gasteiger partial charge < -0.3 is 19.3 Å². The maximum absolute atomic E-state index is 13.4. The van der Waals surface area contributed by atoms with E-state index in [9.17, 15) is 19.5 Å². The number of rotatable bonds is 9. The highest BCUT2D eigenvalue weighted by molar-refractivity contribution is 6.51. The van der Waals surface area contributed by atoms with Crippen molar-refractivity contribution in [3.63, 3.8) is 0 Å². The van der Waals surface area contributed by atoms with Crippen LogP contribution in [0.5, 0.6) is 11.5 Å². The molecule has 4 rings (SSSR count). The fourth-order valence-corrected chi connectivity index (χ4v) is 4.28. The van der Waals surface area contributed by atoms with Gasteiger partial charge in [0.2, 0.25) is 0 Å². The molecule has 0 saturated carbocycles. The summed E-state index contributed by atoms with van der Waals surface area (Å²) in [5.74, 6) is -1.25. The maximum atomic E-state index is 13.4. The van der Waals surface area contributed by atoms with Crippen LogP contribution in [0.25, 0.3) is 5.76 Å². The third-order valence-corrected chi connectivity index (χ3v) is 6.11. The van der Waals surface area contributed by atoms with Crippen molar-refractivity contribution < 1.29 is 33.7 Å². The number of hydrogen-bond acceptors (Lipinski definition) is 7. The predicted octanol–water partition coefficient (Wildman–Crippen LogP) is 5.29. The molecule has 1 atom stereocenters. The van der Waals surface area contributed by atoms with Crippen molar-refractivity contribution in [1.29, 1.82) is 0 Å². The van der Waals surface area contributed by atoms with E-state index in [4.69, 9.17) is 14.2 Å². The molecule has 8 heteroatoms. The monoisotopic (exact) mass is 515 g/mol. The standard InChI is InChI=1S/C30H29NO7/c1-4-17-38-23-15-11-19(12-16-23)27(32)25-26(21-7-6-8-24(18-21)36-3)31(29(34)28(25)33)22-13-9-20(10-14-22)30(35)37-5-2/h6-16,18,26,32H,4-5,17H2,1-3H3/b27-25+. The number of ether oxygens (including phenoxy) is 3. The summed E-state index contributed by atoms with van der Waals surface area (Å²) in [7, 11) is 1.52. The van der Waals surface area contributed by atoms with Crippen molar-refractivity contribution in [2.45, 2.75) is 26.3 Å². The number of amides is 1. The second-order valence-electron chi connectivity index (χ2n) is 8.59. The Hall–Kier alpha value is -4.59. The van der Waals surface area contributed by atoms with Gasteiger partial charge in [-0.25, -0.2) is 4.79 Å². The highest BCUT2D eigenvalue weighted by Gasteiger charge is 2.47. The third-order valence-electron chi connectivity index (χ3n) is 6.11. The lowest BCUT2D eigenvalue weighted by molar-refractivity contribution is -0.132. The number of carbonyl (C=O) groups is 3. The van der Waals surface area contributed by atoms with Gasteiger partial charge in [-0.15, -0.1) is 0 Å². The van der Waals surface area contributed by atoms with Crippen molar-refractivity contribution in [2.24, 2.45) is 0 Å². The van der Waals surface area contributed by atoms with Crippen LogP contribution < -0.4 is 14.4 Å². The molecule has 0 aromatic heterocycles. The Bertz CT molecular complexity index is 1360. The van der Waals surface area contributed by atoms with E-state index in [-0.39, 0.29) is 17.9 Å². The van der Waals surface area contributed by atoms with E-state index in [1.165, 1.54) is 24.1 Å². The molecule has 1 saturated heterocycles. The summed E-state index contributed by atoms with van der Waals surface area (Å²) in [4.78, 5) is 40.2. The lowest BCUT2D eigenvalue weighted by Crippen LogP contribution is -2.29. The first-order valence-electron chi connectivity index (χ1n) is 12.3. The first-order chi connectivity index (χ1) is 18.4. The molecule has 0 spiro atoms. The Morgan fingerprint density at radius 3 is 2.24 bits per heavy atom. The largest absolute Gasteiger partial charge is 0.507 e. The number of methoxy groups -OCH3 is 1. The van der Waals surface area contributed by atoms with Crippen molar-refractivity contribution in [1.82, 2.24) is 0 Å². The van der Waals surface area contributed by atoms with Crippen molar-refractivity contribution in [3.05, 3.63) is 95.1 Å². The second-order valence-corrected chi connectivity index (χ2v) is 8.59. The number of carbonyl (C=O) groups excluding carboxylic acids is 3. The summed E-state index contributed by atoms with van der Waals surface area (Å²) < 4.78 is 16.0. The third kappa shape index (κ3) is 5.25. The number of ketones is 1. The molecule has 1 aliphatic heterocycles. The minimum atomic E-state index is -0.936. The summed E-state index contributed by atoms with van der Waals surface area (Å²) in [5.41, 5.74) is 1.59. The van der Waals surface area contributed by atoms with Crippen LogP contribution in [0.3, 0.4) is 0 Å². The normalized spacial score (nSPS) is 16.4. The molecule has 1 N–H and O–H groups in total. The Morgan fingerprint density at radius 1 is 0.921 bits per heavy atom. The zero-order chi connectivity index (χ0) is 27.2. The number of Topliss-reactive ketones (excluding diaryl/α,β-unsaturated/α-hetero) is 1. The molecule has 3 aromatic rings. The SMILES string of the molecule is CCCOc1ccc(/C(O)=C2\C(=O)C(=O)N(c3ccc(C(=O)OCC)cc3)C2c2cccc(OC)c2)cc1. The Morgan fingerprint density at radius 2 is 1.61 bits per heavy atom. The molecule has 1 amide bonds. The molecular weight excluding hydrogens is 486 g/mol. The number of hydrogen-bond donors (Lipinski definition) is 1. The van der Waals surface area contributed by atoms with E-state index in [1.807, 2.05) is 6.92 Å². The second kappa shape index (κ2) is 11.6. The van der Waals surface area contributed by atoms with E-state index in [0.29, 0.717) is 40.5 Å². The number of anilines is 1. The fraction of sp³-hybridized carbons (Fsp3) is 0.233. The minimum absolute atomic E-state index is 0.0556. The summed E-state index contributed by atoms with van der Waals surface area (Å²) in [6.45, 7) is 4.51. The summed E-state index contributed by atoms with van der Waals surface area (Å²) in [6.07, 6.45) is 0.854. The molecule has 1 unspecified atom stereocenters. The summed E-state index contributed by atoms with van der Waals surface area (Å²) in [5, 5.41) is 11.3. The van der Waals surface area contributed by atoms with Gasteiger partial charge >= 0.3 is 5.97 Å². The zero-order valence-electron chi connectivity index (χ0n) is 21.5. The van der Waals surface area contributed by atoms with Gasteiger partial charge in [-0.05, 0) is 79.6 Å². The first kappa shape index (κ1) is 26.5. The maximum Gasteiger partial charge on any atom is 0.338 e. The highest BCUT2D eigenvalue weighted by Crippen LogP contribution is 2.43. The van der Waals surface area contributed by atoms with Crippen LogP contribution >= 0.6 is 0 Å². The molecule has 0 bridgehead atoms. The molecule has 1 fully saturated rings. The molecule has 0 radical (unpaired) electrons. The lowest BCUT2D eigenvalue weighted by Gasteiger charge is -2.26. The van der Waals surface area contributed by atoms with Gasteiger partial charge in [-0.1, -0.05) is 19.1 Å². The molecule has 3 aromatic carbocycles. The predicted molar refractivity (Wildman–Crippen MR) is 142 cm³/mol.